The molecule has 0 radical (unpaired) electrons. The Bertz CT molecular complexity index is 128. The zero-order chi connectivity index (χ0) is 7.78. The number of hydrogen-bond donors (Lipinski definition) is 1. The second-order valence-corrected chi connectivity index (χ2v) is 4.33. The van der Waals surface area contributed by atoms with Gasteiger partial charge in [-0.25, -0.2) is 0 Å². The summed E-state index contributed by atoms with van der Waals surface area (Å²) in [5.41, 5.74) is 0.381. The van der Waals surface area contributed by atoms with Crippen molar-refractivity contribution in [3.63, 3.8) is 0 Å². The van der Waals surface area contributed by atoms with Gasteiger partial charge >= 0.3 is 18.9 Å². The first-order valence-electron chi connectivity index (χ1n) is 4.29. The molecule has 0 aromatic heterocycles. The van der Waals surface area contributed by atoms with E-state index < -0.39 is 0 Å². The van der Waals surface area contributed by atoms with Gasteiger partial charge in [0, 0.05) is 11.6 Å². The molecule has 1 fully saturated rings. The van der Waals surface area contributed by atoms with Crippen LogP contribution in [0, 0.1) is 5.92 Å². The van der Waals surface area contributed by atoms with Crippen LogP contribution in [0.5, 0.6) is 0 Å². The molecule has 2 heteroatoms. The van der Waals surface area contributed by atoms with Gasteiger partial charge in [-0.05, 0) is 39.5 Å². The molecular formula is C9H20LiN. The van der Waals surface area contributed by atoms with E-state index in [1.165, 1.54) is 12.8 Å². The van der Waals surface area contributed by atoms with Crippen molar-refractivity contribution in [1.82, 2.24) is 5.32 Å². The predicted molar refractivity (Wildman–Crippen MR) is 46.2 cm³/mol. The summed E-state index contributed by atoms with van der Waals surface area (Å²) in [6.07, 6.45) is 2.69. The van der Waals surface area contributed by atoms with Crippen LogP contribution < -0.4 is 24.2 Å². The largest absolute Gasteiger partial charge is 1.00 e. The molecule has 1 saturated heterocycles. The van der Waals surface area contributed by atoms with Gasteiger partial charge < -0.3 is 6.74 Å². The monoisotopic (exact) mass is 149 g/mol. The molecular weight excluding hydrogens is 129 g/mol. The van der Waals surface area contributed by atoms with Gasteiger partial charge in [0.05, 0.1) is 0 Å². The average Bonchev–Trinajstić information content (AvgIpc) is 1.79. The maximum absolute atomic E-state index is 3.61. The molecule has 62 valence electrons. The van der Waals surface area contributed by atoms with Crippen molar-refractivity contribution in [1.29, 1.82) is 0 Å². The van der Waals surface area contributed by atoms with Crippen LogP contribution in [0.2, 0.25) is 0 Å². The van der Waals surface area contributed by atoms with Gasteiger partial charge in [-0.3, -0.25) is 0 Å². The van der Waals surface area contributed by atoms with E-state index in [9.17, 15) is 0 Å². The van der Waals surface area contributed by atoms with Crippen molar-refractivity contribution in [2.45, 2.75) is 52.1 Å². The smallest absolute Gasteiger partial charge is 1.00 e. The molecule has 0 bridgehead atoms. The summed E-state index contributed by atoms with van der Waals surface area (Å²) in [5, 5.41) is 3.61. The van der Waals surface area contributed by atoms with Crippen LogP contribution in [-0.4, -0.2) is 11.6 Å². The maximum Gasteiger partial charge on any atom is 1.00 e. The Labute approximate surface area is 84.0 Å². The van der Waals surface area contributed by atoms with Crippen molar-refractivity contribution >= 4 is 0 Å². The van der Waals surface area contributed by atoms with Crippen LogP contribution in [-0.2, 0) is 0 Å². The van der Waals surface area contributed by atoms with Crippen LogP contribution in [0.15, 0.2) is 0 Å². The third-order valence-corrected chi connectivity index (χ3v) is 2.70. The van der Waals surface area contributed by atoms with Crippen LogP contribution in [0.1, 0.15) is 42.0 Å². The fourth-order valence-electron chi connectivity index (χ4n) is 1.67. The minimum atomic E-state index is 0. The first-order valence-corrected chi connectivity index (χ1v) is 4.29. The van der Waals surface area contributed by atoms with Gasteiger partial charge in [-0.1, -0.05) is 6.92 Å². The summed E-state index contributed by atoms with van der Waals surface area (Å²) in [7, 11) is 0. The van der Waals surface area contributed by atoms with E-state index in [4.69, 9.17) is 0 Å². The normalized spacial score (nSPS) is 36.0. The summed E-state index contributed by atoms with van der Waals surface area (Å²) in [5.74, 6) is 0.855. The van der Waals surface area contributed by atoms with Gasteiger partial charge in [0.1, 0.15) is 0 Å². The first kappa shape index (κ1) is 11.6. The maximum atomic E-state index is 3.61. The Kier molecular flexibility index (Phi) is 4.19. The molecule has 1 rings (SSSR count). The first-order chi connectivity index (χ1) is 4.51. The summed E-state index contributed by atoms with van der Waals surface area (Å²) < 4.78 is 0. The third-order valence-electron chi connectivity index (χ3n) is 2.70. The van der Waals surface area contributed by atoms with E-state index >= 15 is 0 Å². The predicted octanol–water partition coefficient (Wildman–Crippen LogP) is -0.710. The van der Waals surface area contributed by atoms with Gasteiger partial charge in [-0.2, -0.15) is 0 Å². The average molecular weight is 149 g/mol. The second kappa shape index (κ2) is 3.98. The van der Waals surface area contributed by atoms with Crippen LogP contribution in [0.4, 0.5) is 0 Å². The zero-order valence-electron chi connectivity index (χ0n) is 9.57. The number of piperidine rings is 1. The molecule has 2 atom stereocenters. The summed E-state index contributed by atoms with van der Waals surface area (Å²) in [6.45, 7) is 9.18. The molecule has 1 aliphatic heterocycles. The topological polar surface area (TPSA) is 12.0 Å². The van der Waals surface area contributed by atoms with Crippen molar-refractivity contribution in [2.24, 2.45) is 5.92 Å². The van der Waals surface area contributed by atoms with Gasteiger partial charge in [-0.15, -0.1) is 0 Å². The van der Waals surface area contributed by atoms with Gasteiger partial charge in [0.2, 0.25) is 0 Å². The molecule has 0 saturated carbocycles. The van der Waals surface area contributed by atoms with Gasteiger partial charge in [0.15, 0.2) is 0 Å². The van der Waals surface area contributed by atoms with Crippen molar-refractivity contribution in [3.05, 3.63) is 0 Å². The fourth-order valence-corrected chi connectivity index (χ4v) is 1.67. The molecule has 1 N–H and O–H groups in total. The minimum absolute atomic E-state index is 0. The molecule has 1 nitrogen and oxygen atoms in total. The Hall–Kier alpha value is 0.557. The van der Waals surface area contributed by atoms with E-state index in [0.717, 1.165) is 5.92 Å². The zero-order valence-corrected chi connectivity index (χ0v) is 8.57. The molecule has 11 heavy (non-hydrogen) atoms. The Morgan fingerprint density at radius 1 is 1.36 bits per heavy atom. The van der Waals surface area contributed by atoms with E-state index in [2.05, 4.69) is 33.0 Å². The Morgan fingerprint density at radius 3 is 2.27 bits per heavy atom. The fraction of sp³-hybridized carbons (Fsp3) is 1.00. The third kappa shape index (κ3) is 3.19. The number of hydrogen-bond acceptors (Lipinski definition) is 1. The molecule has 2 unspecified atom stereocenters. The molecule has 0 aliphatic carbocycles. The van der Waals surface area contributed by atoms with Gasteiger partial charge in [0.25, 0.3) is 0 Å². The van der Waals surface area contributed by atoms with E-state index in [1.807, 2.05) is 0 Å². The molecule has 1 heterocycles. The minimum Gasteiger partial charge on any atom is -1.00 e. The number of nitrogens with one attached hydrogen (secondary N) is 1. The quantitative estimate of drug-likeness (QED) is 0.449. The summed E-state index contributed by atoms with van der Waals surface area (Å²) >= 11 is 0. The van der Waals surface area contributed by atoms with Crippen molar-refractivity contribution < 1.29 is 20.3 Å². The molecule has 1 aliphatic rings. The summed E-state index contributed by atoms with van der Waals surface area (Å²) in [6, 6.07) is 0.698. The van der Waals surface area contributed by atoms with E-state index in [-0.39, 0.29) is 20.3 Å². The van der Waals surface area contributed by atoms with E-state index in [1.54, 1.807) is 0 Å². The SMILES string of the molecule is CC1CCC(C)(C)NC1C.[H-].[Li+]. The molecule has 0 spiro atoms. The van der Waals surface area contributed by atoms with Crippen LogP contribution in [0.25, 0.3) is 0 Å². The summed E-state index contributed by atoms with van der Waals surface area (Å²) in [4.78, 5) is 0. The molecule has 0 aromatic carbocycles. The standard InChI is InChI=1S/C9H19N.Li.H/c1-7-5-6-9(3,4)10-8(7)2;;/h7-8,10H,5-6H2,1-4H3;;/q;+1;-1. The number of rotatable bonds is 0. The van der Waals surface area contributed by atoms with Crippen LogP contribution >= 0.6 is 0 Å². The van der Waals surface area contributed by atoms with Crippen molar-refractivity contribution in [2.75, 3.05) is 0 Å². The second-order valence-electron chi connectivity index (χ2n) is 4.33. The molecule has 0 aromatic rings. The van der Waals surface area contributed by atoms with Crippen LogP contribution in [0.3, 0.4) is 0 Å². The van der Waals surface area contributed by atoms with Crippen molar-refractivity contribution in [3.8, 4) is 0 Å². The Balaban J connectivity index is 0. The molecule has 0 amide bonds. The Morgan fingerprint density at radius 2 is 1.91 bits per heavy atom. The van der Waals surface area contributed by atoms with E-state index in [0.29, 0.717) is 11.6 Å².